The van der Waals surface area contributed by atoms with Gasteiger partial charge >= 0.3 is 5.97 Å². The number of ether oxygens (including phenoxy) is 2. The van der Waals surface area contributed by atoms with E-state index in [0.29, 0.717) is 19.4 Å². The van der Waals surface area contributed by atoms with Crippen molar-refractivity contribution >= 4 is 33.7 Å². The van der Waals surface area contributed by atoms with Crippen LogP contribution in [0.5, 0.6) is 0 Å². The number of halogens is 1. The van der Waals surface area contributed by atoms with Crippen LogP contribution in [0.25, 0.3) is 0 Å². The van der Waals surface area contributed by atoms with Gasteiger partial charge < -0.3 is 24.4 Å². The third-order valence-electron chi connectivity index (χ3n) is 6.99. The summed E-state index contributed by atoms with van der Waals surface area (Å²) in [6.45, 7) is 10.3. The van der Waals surface area contributed by atoms with Crippen LogP contribution in [0.1, 0.15) is 46.5 Å². The first kappa shape index (κ1) is 25.2. The number of hydrogen-bond acceptors (Lipinski definition) is 6. The summed E-state index contributed by atoms with van der Waals surface area (Å²) in [7, 11) is 0. The molecule has 3 aliphatic heterocycles. The van der Waals surface area contributed by atoms with Gasteiger partial charge in [-0.2, -0.15) is 0 Å². The Labute approximate surface area is 198 Å². The molecule has 3 fully saturated rings. The van der Waals surface area contributed by atoms with Gasteiger partial charge in [-0.15, -0.1) is 6.58 Å². The summed E-state index contributed by atoms with van der Waals surface area (Å²) in [6.07, 6.45) is 3.72. The molecule has 7 atom stereocenters. The molecule has 0 saturated carbocycles. The second kappa shape index (κ2) is 10.2. The van der Waals surface area contributed by atoms with E-state index in [0.717, 1.165) is 12.8 Å². The lowest BCUT2D eigenvalue weighted by Crippen LogP contribution is -2.58. The molecule has 180 valence electrons. The largest absolute Gasteiger partial charge is 0.466 e. The SMILES string of the molecule is C=CCN(C(=O)C1N(CCCO)C(=O)[C@@H]2[C@@H](C(=O)OCC)[C@@H]3OC12CC3Br)C(C)CCC. The van der Waals surface area contributed by atoms with Crippen molar-refractivity contribution in [3.8, 4) is 0 Å². The molecule has 3 aliphatic rings. The minimum Gasteiger partial charge on any atom is -0.466 e. The topological polar surface area (TPSA) is 96.4 Å². The van der Waals surface area contributed by atoms with Crippen LogP contribution < -0.4 is 0 Å². The zero-order valence-corrected chi connectivity index (χ0v) is 20.8. The smallest absolute Gasteiger partial charge is 0.312 e. The van der Waals surface area contributed by atoms with E-state index in [1.807, 2.05) is 6.92 Å². The van der Waals surface area contributed by atoms with Gasteiger partial charge in [0.15, 0.2) is 0 Å². The normalized spacial score (nSPS) is 33.8. The Morgan fingerprint density at radius 1 is 1.47 bits per heavy atom. The van der Waals surface area contributed by atoms with Crippen molar-refractivity contribution in [3.05, 3.63) is 12.7 Å². The van der Waals surface area contributed by atoms with E-state index in [1.165, 1.54) is 4.90 Å². The number of hydrogen-bond donors (Lipinski definition) is 1. The molecular weight excluding hydrogens is 480 g/mol. The quantitative estimate of drug-likeness (QED) is 0.257. The first-order valence-electron chi connectivity index (χ1n) is 11.6. The summed E-state index contributed by atoms with van der Waals surface area (Å²) in [5, 5.41) is 9.41. The maximum Gasteiger partial charge on any atom is 0.312 e. The fourth-order valence-corrected chi connectivity index (χ4v) is 6.70. The molecule has 0 aromatic carbocycles. The Bertz CT molecular complexity index is 748. The highest BCUT2D eigenvalue weighted by Crippen LogP contribution is 2.60. The van der Waals surface area contributed by atoms with Gasteiger partial charge in [-0.25, -0.2) is 0 Å². The lowest BCUT2D eigenvalue weighted by molar-refractivity contribution is -0.155. The molecule has 8 nitrogen and oxygen atoms in total. The van der Waals surface area contributed by atoms with Crippen LogP contribution in [-0.4, -0.2) is 87.6 Å². The molecule has 1 N–H and O–H groups in total. The van der Waals surface area contributed by atoms with Crippen molar-refractivity contribution in [2.24, 2.45) is 11.8 Å². The number of fused-ring (bicyclic) bond motifs is 1. The average molecular weight is 515 g/mol. The van der Waals surface area contributed by atoms with E-state index in [1.54, 1.807) is 17.9 Å². The fourth-order valence-electron chi connectivity index (χ4n) is 5.76. The van der Waals surface area contributed by atoms with Gasteiger partial charge in [-0.3, -0.25) is 14.4 Å². The number of nitrogens with zero attached hydrogens (tertiary/aromatic N) is 2. The predicted octanol–water partition coefficient (Wildman–Crippen LogP) is 1.88. The van der Waals surface area contributed by atoms with Crippen molar-refractivity contribution in [3.63, 3.8) is 0 Å². The molecule has 0 aromatic rings. The first-order valence-corrected chi connectivity index (χ1v) is 12.5. The van der Waals surface area contributed by atoms with Gasteiger partial charge in [0, 0.05) is 30.6 Å². The number of likely N-dealkylation sites (tertiary alicyclic amines) is 1. The Morgan fingerprint density at radius 2 is 2.19 bits per heavy atom. The maximum absolute atomic E-state index is 14.0. The number of amides is 2. The number of aliphatic hydroxyl groups excluding tert-OH is 1. The number of carbonyl (C=O) groups is 3. The highest BCUT2D eigenvalue weighted by atomic mass is 79.9. The number of rotatable bonds is 11. The summed E-state index contributed by atoms with van der Waals surface area (Å²) in [6, 6.07) is -0.884. The van der Waals surface area contributed by atoms with Crippen LogP contribution in [0.2, 0.25) is 0 Å². The van der Waals surface area contributed by atoms with Gasteiger partial charge in [0.2, 0.25) is 11.8 Å². The Balaban J connectivity index is 2.04. The van der Waals surface area contributed by atoms with E-state index in [2.05, 4.69) is 29.4 Å². The predicted molar refractivity (Wildman–Crippen MR) is 122 cm³/mol. The third kappa shape index (κ3) is 4.01. The van der Waals surface area contributed by atoms with Gasteiger partial charge in [0.05, 0.1) is 24.5 Å². The summed E-state index contributed by atoms with van der Waals surface area (Å²) in [5.74, 6) is -2.43. The highest BCUT2D eigenvalue weighted by molar-refractivity contribution is 9.09. The molecule has 0 aromatic heterocycles. The molecule has 3 saturated heterocycles. The number of alkyl halides is 1. The zero-order chi connectivity index (χ0) is 23.6. The lowest BCUT2D eigenvalue weighted by atomic mass is 9.70. The minimum atomic E-state index is -1.09. The number of carbonyl (C=O) groups excluding carboxylic acids is 3. The van der Waals surface area contributed by atoms with Crippen LogP contribution >= 0.6 is 15.9 Å². The van der Waals surface area contributed by atoms with Crippen LogP contribution in [0.3, 0.4) is 0 Å². The Kier molecular flexibility index (Phi) is 8.04. The summed E-state index contributed by atoms with van der Waals surface area (Å²) in [5.41, 5.74) is -1.09. The molecule has 32 heavy (non-hydrogen) atoms. The summed E-state index contributed by atoms with van der Waals surface area (Å²) in [4.78, 5) is 43.6. The van der Waals surface area contributed by atoms with E-state index in [-0.39, 0.29) is 42.4 Å². The minimum absolute atomic E-state index is 0.0324. The molecule has 0 aliphatic carbocycles. The van der Waals surface area contributed by atoms with Crippen molar-refractivity contribution in [1.82, 2.24) is 9.80 Å². The second-order valence-electron chi connectivity index (χ2n) is 8.94. The van der Waals surface area contributed by atoms with Gasteiger partial charge in [0.25, 0.3) is 0 Å². The van der Waals surface area contributed by atoms with Crippen molar-refractivity contribution in [2.75, 3.05) is 26.3 Å². The molecule has 3 rings (SSSR count). The molecule has 1 spiro atoms. The standard InChI is InChI=1S/C23H35BrN2O6/c1-5-9-14(4)25(10-6-2)21(29)19-23-13-15(24)18(32-23)16(22(30)31-7-3)17(23)20(28)26(19)11-8-12-27/h6,14-19,27H,2,5,7-13H2,1,3-4H3/t14?,15?,16-,17+,18-,19?,23?/m1/s1. The van der Waals surface area contributed by atoms with E-state index in [9.17, 15) is 19.5 Å². The molecule has 9 heteroatoms. The molecule has 2 bridgehead atoms. The Morgan fingerprint density at radius 3 is 2.78 bits per heavy atom. The van der Waals surface area contributed by atoms with Crippen molar-refractivity contribution in [2.45, 2.75) is 75.1 Å². The Hall–Kier alpha value is -1.45. The molecule has 3 heterocycles. The van der Waals surface area contributed by atoms with Crippen molar-refractivity contribution in [1.29, 1.82) is 0 Å². The monoisotopic (exact) mass is 514 g/mol. The maximum atomic E-state index is 14.0. The number of esters is 1. The van der Waals surface area contributed by atoms with Gasteiger partial charge in [-0.05, 0) is 33.1 Å². The summed E-state index contributed by atoms with van der Waals surface area (Å²) < 4.78 is 11.7. The van der Waals surface area contributed by atoms with E-state index in [4.69, 9.17) is 9.47 Å². The number of aliphatic hydroxyl groups is 1. The molecule has 2 amide bonds. The van der Waals surface area contributed by atoms with Crippen LogP contribution in [0.4, 0.5) is 0 Å². The van der Waals surface area contributed by atoms with Gasteiger partial charge in [0.1, 0.15) is 11.6 Å². The zero-order valence-electron chi connectivity index (χ0n) is 19.2. The average Bonchev–Trinajstić information content (AvgIpc) is 3.34. The van der Waals surface area contributed by atoms with Crippen molar-refractivity contribution < 1.29 is 29.0 Å². The van der Waals surface area contributed by atoms with E-state index >= 15 is 0 Å². The molecule has 4 unspecified atom stereocenters. The lowest BCUT2D eigenvalue weighted by Gasteiger charge is -2.39. The fraction of sp³-hybridized carbons (Fsp3) is 0.783. The van der Waals surface area contributed by atoms with Crippen LogP contribution in [0, 0.1) is 11.8 Å². The first-order chi connectivity index (χ1) is 15.3. The third-order valence-corrected chi connectivity index (χ3v) is 7.83. The molecule has 0 radical (unpaired) electrons. The second-order valence-corrected chi connectivity index (χ2v) is 10.1. The van der Waals surface area contributed by atoms with Gasteiger partial charge in [-0.1, -0.05) is 35.4 Å². The highest BCUT2D eigenvalue weighted by Gasteiger charge is 2.77. The molecular formula is C23H35BrN2O6. The summed E-state index contributed by atoms with van der Waals surface area (Å²) >= 11 is 3.63. The van der Waals surface area contributed by atoms with E-state index < -0.39 is 35.6 Å². The van der Waals surface area contributed by atoms with Crippen LogP contribution in [-0.2, 0) is 23.9 Å². The van der Waals surface area contributed by atoms with Crippen LogP contribution in [0.15, 0.2) is 12.7 Å².